The fourth-order valence-electron chi connectivity index (χ4n) is 3.49. The van der Waals surface area contributed by atoms with Crippen molar-refractivity contribution in [1.29, 1.82) is 0 Å². The molecule has 1 aliphatic heterocycles. The number of carbonyl (C=O) groups is 1. The van der Waals surface area contributed by atoms with Crippen LogP contribution in [0.4, 0.5) is 5.69 Å². The molecule has 0 bridgehead atoms. The highest BCUT2D eigenvalue weighted by Crippen LogP contribution is 2.18. The van der Waals surface area contributed by atoms with E-state index in [4.69, 9.17) is 0 Å². The topological polar surface area (TPSA) is 57.9 Å². The summed E-state index contributed by atoms with van der Waals surface area (Å²) in [7, 11) is 0. The first-order valence-electron chi connectivity index (χ1n) is 9.12. The molecule has 0 spiro atoms. The molecule has 0 radical (unpaired) electrons. The lowest BCUT2D eigenvalue weighted by Crippen LogP contribution is -2.49. The van der Waals surface area contributed by atoms with Crippen LogP contribution >= 0.6 is 0 Å². The van der Waals surface area contributed by atoms with E-state index >= 15 is 0 Å². The average Bonchev–Trinajstić information content (AvgIpc) is 2.68. The van der Waals surface area contributed by atoms with E-state index in [1.54, 1.807) is 17.2 Å². The van der Waals surface area contributed by atoms with Gasteiger partial charge in [-0.2, -0.15) is 0 Å². The summed E-state index contributed by atoms with van der Waals surface area (Å²) in [5.74, 6) is -0.243. The molecule has 0 unspecified atom stereocenters. The van der Waals surface area contributed by atoms with Crippen molar-refractivity contribution in [3.63, 3.8) is 0 Å². The molecule has 0 N–H and O–H groups in total. The molecule has 1 saturated heterocycles. The lowest BCUT2D eigenvalue weighted by molar-refractivity contribution is 0.0744. The summed E-state index contributed by atoms with van der Waals surface area (Å²) in [6, 6.07) is 12.0. The number of benzene rings is 1. The number of fused-ring (bicyclic) bond motifs is 1. The lowest BCUT2D eigenvalue weighted by Gasteiger charge is -2.36. The third-order valence-electron chi connectivity index (χ3n) is 5.01. The largest absolute Gasteiger partial charge is 0.368 e. The third kappa shape index (κ3) is 3.30. The van der Waals surface area contributed by atoms with Crippen molar-refractivity contribution < 1.29 is 4.79 Å². The molecule has 6 heteroatoms. The van der Waals surface area contributed by atoms with E-state index in [-0.39, 0.29) is 17.0 Å². The maximum Gasteiger partial charge on any atom is 0.270 e. The molecule has 4 rings (SSSR count). The fraction of sp³-hybridized carbons (Fsp3) is 0.286. The Morgan fingerprint density at radius 2 is 1.78 bits per heavy atom. The molecule has 27 heavy (non-hydrogen) atoms. The normalized spacial score (nSPS) is 14.6. The van der Waals surface area contributed by atoms with E-state index in [9.17, 15) is 9.59 Å². The number of pyridine rings is 1. The van der Waals surface area contributed by atoms with Crippen LogP contribution in [0.5, 0.6) is 0 Å². The molecule has 0 aliphatic carbocycles. The van der Waals surface area contributed by atoms with E-state index in [1.165, 1.54) is 21.8 Å². The predicted octanol–water partition coefficient (Wildman–Crippen LogP) is 2.27. The molecule has 1 aliphatic rings. The Kier molecular flexibility index (Phi) is 4.39. The Bertz CT molecular complexity index is 1070. The Morgan fingerprint density at radius 3 is 2.52 bits per heavy atom. The standard InChI is InChI=1S/C21H22N4O2/c1-15-4-3-5-17(12-15)23-8-10-24(11-9-23)20(26)18-13-22-19-7-6-16(2)14-25(19)21(18)27/h3-7,12-14H,8-11H2,1-2H3. The molecule has 0 atom stereocenters. The first-order valence-corrected chi connectivity index (χ1v) is 9.12. The molecule has 1 aromatic carbocycles. The van der Waals surface area contributed by atoms with Gasteiger partial charge in [-0.25, -0.2) is 4.98 Å². The van der Waals surface area contributed by atoms with Gasteiger partial charge in [0.1, 0.15) is 11.2 Å². The first-order chi connectivity index (χ1) is 13.0. The van der Waals surface area contributed by atoms with Gasteiger partial charge in [0.15, 0.2) is 0 Å². The quantitative estimate of drug-likeness (QED) is 0.702. The number of carbonyl (C=O) groups excluding carboxylic acids is 1. The number of piperazine rings is 1. The zero-order valence-electron chi connectivity index (χ0n) is 15.6. The Balaban J connectivity index is 1.54. The van der Waals surface area contributed by atoms with Gasteiger partial charge in [-0.3, -0.25) is 14.0 Å². The Hall–Kier alpha value is -3.15. The van der Waals surface area contributed by atoms with Gasteiger partial charge in [0.05, 0.1) is 0 Å². The van der Waals surface area contributed by atoms with Crippen LogP contribution in [0.25, 0.3) is 5.65 Å². The number of nitrogens with zero attached hydrogens (tertiary/aromatic N) is 4. The van der Waals surface area contributed by atoms with Crippen molar-refractivity contribution in [2.75, 3.05) is 31.1 Å². The van der Waals surface area contributed by atoms with Gasteiger partial charge in [0.25, 0.3) is 11.5 Å². The maximum atomic E-state index is 12.9. The lowest BCUT2D eigenvalue weighted by atomic mass is 10.2. The van der Waals surface area contributed by atoms with Crippen LogP contribution in [0, 0.1) is 13.8 Å². The second-order valence-corrected chi connectivity index (χ2v) is 7.03. The van der Waals surface area contributed by atoms with Crippen molar-refractivity contribution in [2.24, 2.45) is 0 Å². The molecule has 138 valence electrons. The first kappa shape index (κ1) is 17.3. The zero-order valence-corrected chi connectivity index (χ0v) is 15.6. The number of aryl methyl sites for hydroxylation is 2. The summed E-state index contributed by atoms with van der Waals surface area (Å²) in [5.41, 5.74) is 3.70. The van der Waals surface area contributed by atoms with Gasteiger partial charge >= 0.3 is 0 Å². The number of hydrogen-bond acceptors (Lipinski definition) is 4. The predicted molar refractivity (Wildman–Crippen MR) is 105 cm³/mol. The molecule has 3 heterocycles. The summed E-state index contributed by atoms with van der Waals surface area (Å²) in [6.45, 7) is 6.65. The molecule has 1 amide bonds. The SMILES string of the molecule is Cc1cccc(N2CCN(C(=O)c3cnc4ccc(C)cn4c3=O)CC2)c1. The minimum absolute atomic E-state index is 0.127. The summed E-state index contributed by atoms with van der Waals surface area (Å²) in [4.78, 5) is 33.9. The van der Waals surface area contributed by atoms with E-state index < -0.39 is 0 Å². The van der Waals surface area contributed by atoms with Crippen LogP contribution in [0.15, 0.2) is 53.6 Å². The third-order valence-corrected chi connectivity index (χ3v) is 5.01. The number of amides is 1. The summed E-state index contributed by atoms with van der Waals surface area (Å²) in [6.07, 6.45) is 3.12. The smallest absolute Gasteiger partial charge is 0.270 e. The van der Waals surface area contributed by atoms with Gasteiger partial charge in [-0.15, -0.1) is 0 Å². The van der Waals surface area contributed by atoms with Crippen LogP contribution < -0.4 is 10.5 Å². The van der Waals surface area contributed by atoms with Gasteiger partial charge in [0.2, 0.25) is 0 Å². The molecule has 1 fully saturated rings. The van der Waals surface area contributed by atoms with Crippen LogP contribution in [0.2, 0.25) is 0 Å². The van der Waals surface area contributed by atoms with Crippen molar-refractivity contribution in [3.8, 4) is 0 Å². The van der Waals surface area contributed by atoms with E-state index in [0.29, 0.717) is 18.7 Å². The van der Waals surface area contributed by atoms with Crippen molar-refractivity contribution in [2.45, 2.75) is 13.8 Å². The minimum Gasteiger partial charge on any atom is -0.368 e. The Labute approximate surface area is 157 Å². The minimum atomic E-state index is -0.310. The van der Waals surface area contributed by atoms with E-state index in [2.05, 4.69) is 35.0 Å². The van der Waals surface area contributed by atoms with E-state index in [0.717, 1.165) is 18.7 Å². The zero-order chi connectivity index (χ0) is 19.0. The van der Waals surface area contributed by atoms with Crippen LogP contribution in [-0.4, -0.2) is 46.4 Å². The molecular formula is C21H22N4O2. The van der Waals surface area contributed by atoms with Gasteiger partial charge in [-0.1, -0.05) is 18.2 Å². The maximum absolute atomic E-state index is 12.9. The van der Waals surface area contributed by atoms with Crippen LogP contribution in [0.1, 0.15) is 21.5 Å². The van der Waals surface area contributed by atoms with Crippen LogP contribution in [0.3, 0.4) is 0 Å². The molecule has 3 aromatic rings. The highest BCUT2D eigenvalue weighted by Gasteiger charge is 2.25. The average molecular weight is 362 g/mol. The monoisotopic (exact) mass is 362 g/mol. The van der Waals surface area contributed by atoms with Crippen molar-refractivity contribution in [3.05, 3.63) is 75.8 Å². The van der Waals surface area contributed by atoms with Crippen molar-refractivity contribution in [1.82, 2.24) is 14.3 Å². The van der Waals surface area contributed by atoms with Gasteiger partial charge in [0, 0.05) is 44.3 Å². The second-order valence-electron chi connectivity index (χ2n) is 7.03. The molecule has 2 aromatic heterocycles. The number of hydrogen-bond donors (Lipinski definition) is 0. The molecule has 0 saturated carbocycles. The fourth-order valence-corrected chi connectivity index (χ4v) is 3.49. The van der Waals surface area contributed by atoms with Gasteiger partial charge < -0.3 is 9.80 Å². The summed E-state index contributed by atoms with van der Waals surface area (Å²) in [5, 5.41) is 0. The van der Waals surface area contributed by atoms with Crippen molar-refractivity contribution >= 4 is 17.2 Å². The Morgan fingerprint density at radius 1 is 1.00 bits per heavy atom. The second kappa shape index (κ2) is 6.87. The summed E-state index contributed by atoms with van der Waals surface area (Å²) >= 11 is 0. The highest BCUT2D eigenvalue weighted by atomic mass is 16.2. The number of aromatic nitrogens is 2. The number of rotatable bonds is 2. The number of anilines is 1. The summed E-state index contributed by atoms with van der Waals surface area (Å²) < 4.78 is 1.45. The van der Waals surface area contributed by atoms with Gasteiger partial charge in [-0.05, 0) is 43.2 Å². The molecule has 6 nitrogen and oxygen atoms in total. The molecular weight excluding hydrogens is 340 g/mol. The van der Waals surface area contributed by atoms with Crippen LogP contribution in [-0.2, 0) is 0 Å². The van der Waals surface area contributed by atoms with E-state index in [1.807, 2.05) is 19.1 Å². The highest BCUT2D eigenvalue weighted by molar-refractivity contribution is 5.94.